The number of hydrogen-bond donors (Lipinski definition) is 1. The summed E-state index contributed by atoms with van der Waals surface area (Å²) < 4.78 is 7.18. The molecule has 6 heteroatoms. The summed E-state index contributed by atoms with van der Waals surface area (Å²) in [4.78, 5) is 8.21. The van der Waals surface area contributed by atoms with Gasteiger partial charge < -0.3 is 10.5 Å². The molecule has 2 rings (SSSR count). The summed E-state index contributed by atoms with van der Waals surface area (Å²) >= 11 is 0. The van der Waals surface area contributed by atoms with Gasteiger partial charge in [-0.05, 0) is 26.3 Å². The quantitative estimate of drug-likeness (QED) is 0.888. The van der Waals surface area contributed by atoms with Crippen molar-refractivity contribution in [1.29, 1.82) is 0 Å². The van der Waals surface area contributed by atoms with E-state index in [1.807, 2.05) is 26.8 Å². The Kier molecular flexibility index (Phi) is 3.45. The van der Waals surface area contributed by atoms with Gasteiger partial charge in [0.25, 0.3) is 0 Å². The fourth-order valence-corrected chi connectivity index (χ4v) is 1.70. The number of rotatable bonds is 4. The Hall–Kier alpha value is -2.11. The van der Waals surface area contributed by atoms with E-state index in [-0.39, 0.29) is 0 Å². The molecule has 18 heavy (non-hydrogen) atoms. The summed E-state index contributed by atoms with van der Waals surface area (Å²) in [6.07, 6.45) is 2.34. The Labute approximate surface area is 106 Å². The van der Waals surface area contributed by atoms with E-state index in [9.17, 15) is 0 Å². The number of aromatic nitrogens is 4. The minimum atomic E-state index is 0.411. The second kappa shape index (κ2) is 5.03. The van der Waals surface area contributed by atoms with Crippen molar-refractivity contribution in [1.82, 2.24) is 19.7 Å². The van der Waals surface area contributed by atoms with E-state index in [0.29, 0.717) is 24.0 Å². The third kappa shape index (κ3) is 2.27. The van der Waals surface area contributed by atoms with Crippen LogP contribution in [0.15, 0.2) is 12.4 Å². The van der Waals surface area contributed by atoms with Crippen LogP contribution in [0.4, 0.5) is 5.69 Å². The van der Waals surface area contributed by atoms with Crippen LogP contribution in [0.5, 0.6) is 5.88 Å². The second-order valence-corrected chi connectivity index (χ2v) is 4.10. The van der Waals surface area contributed by atoms with Gasteiger partial charge in [0.1, 0.15) is 12.0 Å². The van der Waals surface area contributed by atoms with Gasteiger partial charge in [-0.1, -0.05) is 6.92 Å². The molecule has 0 saturated carbocycles. The Balaban J connectivity index is 2.42. The normalized spacial score (nSPS) is 10.6. The fraction of sp³-hybridized carbons (Fsp3) is 0.417. The monoisotopic (exact) mass is 247 g/mol. The number of anilines is 1. The smallest absolute Gasteiger partial charge is 0.242 e. The fourth-order valence-electron chi connectivity index (χ4n) is 1.70. The number of aryl methyl sites for hydroxylation is 2. The van der Waals surface area contributed by atoms with Crippen LogP contribution in [0, 0.1) is 13.8 Å². The maximum absolute atomic E-state index is 6.02. The SMILES string of the molecule is CCCOc1ncnc(-n2nc(C)cc2C)c1N. The lowest BCUT2D eigenvalue weighted by Crippen LogP contribution is -2.09. The van der Waals surface area contributed by atoms with Crippen molar-refractivity contribution < 1.29 is 4.74 Å². The van der Waals surface area contributed by atoms with E-state index in [1.165, 1.54) is 6.33 Å². The molecule has 0 aliphatic carbocycles. The van der Waals surface area contributed by atoms with Gasteiger partial charge >= 0.3 is 0 Å². The molecule has 0 atom stereocenters. The van der Waals surface area contributed by atoms with E-state index in [0.717, 1.165) is 17.8 Å². The molecule has 0 amide bonds. The average molecular weight is 247 g/mol. The predicted molar refractivity (Wildman–Crippen MR) is 68.8 cm³/mol. The number of hydrogen-bond acceptors (Lipinski definition) is 5. The first-order valence-electron chi connectivity index (χ1n) is 5.90. The summed E-state index contributed by atoms with van der Waals surface area (Å²) in [5, 5.41) is 4.35. The van der Waals surface area contributed by atoms with Gasteiger partial charge in [0.2, 0.25) is 5.88 Å². The van der Waals surface area contributed by atoms with E-state index >= 15 is 0 Å². The average Bonchev–Trinajstić information content (AvgIpc) is 2.67. The highest BCUT2D eigenvalue weighted by Gasteiger charge is 2.13. The lowest BCUT2D eigenvalue weighted by atomic mass is 10.4. The molecule has 0 spiro atoms. The van der Waals surface area contributed by atoms with Crippen LogP contribution >= 0.6 is 0 Å². The van der Waals surface area contributed by atoms with Gasteiger partial charge in [0.05, 0.1) is 12.3 Å². The Morgan fingerprint density at radius 3 is 2.72 bits per heavy atom. The van der Waals surface area contributed by atoms with Crippen LogP contribution in [0.3, 0.4) is 0 Å². The van der Waals surface area contributed by atoms with Crippen molar-refractivity contribution in [2.24, 2.45) is 0 Å². The summed E-state index contributed by atoms with van der Waals surface area (Å²) in [6, 6.07) is 1.97. The first-order chi connectivity index (χ1) is 8.63. The van der Waals surface area contributed by atoms with Crippen molar-refractivity contribution in [3.63, 3.8) is 0 Å². The van der Waals surface area contributed by atoms with Gasteiger partial charge in [0.15, 0.2) is 5.82 Å². The maximum atomic E-state index is 6.02. The molecule has 0 fully saturated rings. The zero-order valence-corrected chi connectivity index (χ0v) is 10.8. The zero-order chi connectivity index (χ0) is 13.1. The molecule has 0 unspecified atom stereocenters. The molecular formula is C12H17N5O. The lowest BCUT2D eigenvalue weighted by molar-refractivity contribution is 0.306. The molecule has 0 aliphatic heterocycles. The molecule has 96 valence electrons. The molecule has 0 saturated heterocycles. The Bertz CT molecular complexity index is 549. The minimum Gasteiger partial charge on any atom is -0.476 e. The molecule has 0 bridgehead atoms. The van der Waals surface area contributed by atoms with Crippen LogP contribution in [-0.2, 0) is 0 Å². The van der Waals surface area contributed by atoms with Gasteiger partial charge in [-0.2, -0.15) is 10.1 Å². The molecule has 6 nitrogen and oxygen atoms in total. The van der Waals surface area contributed by atoms with Crippen molar-refractivity contribution in [3.05, 3.63) is 23.8 Å². The summed E-state index contributed by atoms with van der Waals surface area (Å²) in [5.74, 6) is 0.969. The van der Waals surface area contributed by atoms with Crippen LogP contribution in [0.1, 0.15) is 24.7 Å². The Morgan fingerprint density at radius 1 is 1.33 bits per heavy atom. The van der Waals surface area contributed by atoms with E-state index < -0.39 is 0 Å². The van der Waals surface area contributed by atoms with Crippen LogP contribution in [0.25, 0.3) is 5.82 Å². The number of nitrogen functional groups attached to an aromatic ring is 1. The van der Waals surface area contributed by atoms with E-state index in [1.54, 1.807) is 4.68 Å². The van der Waals surface area contributed by atoms with E-state index in [4.69, 9.17) is 10.5 Å². The number of nitrogens with two attached hydrogens (primary N) is 1. The minimum absolute atomic E-state index is 0.411. The third-order valence-corrected chi connectivity index (χ3v) is 2.48. The highest BCUT2D eigenvalue weighted by atomic mass is 16.5. The Morgan fingerprint density at radius 2 is 2.11 bits per heavy atom. The topological polar surface area (TPSA) is 78.9 Å². The number of nitrogens with zero attached hydrogens (tertiary/aromatic N) is 4. The molecule has 2 heterocycles. The van der Waals surface area contributed by atoms with Gasteiger partial charge in [-0.15, -0.1) is 0 Å². The predicted octanol–water partition coefficient (Wildman–Crippen LogP) is 1.65. The molecule has 0 aromatic carbocycles. The molecule has 2 N–H and O–H groups in total. The zero-order valence-electron chi connectivity index (χ0n) is 10.8. The molecule has 0 aliphatic rings. The van der Waals surface area contributed by atoms with Gasteiger partial charge in [0, 0.05) is 5.69 Å². The van der Waals surface area contributed by atoms with Crippen LogP contribution in [0.2, 0.25) is 0 Å². The largest absolute Gasteiger partial charge is 0.476 e. The van der Waals surface area contributed by atoms with Gasteiger partial charge in [-0.3, -0.25) is 0 Å². The van der Waals surface area contributed by atoms with Crippen molar-refractivity contribution in [2.75, 3.05) is 12.3 Å². The van der Waals surface area contributed by atoms with Crippen molar-refractivity contribution in [2.45, 2.75) is 27.2 Å². The second-order valence-electron chi connectivity index (χ2n) is 4.10. The molecule has 2 aromatic heterocycles. The summed E-state index contributed by atoms with van der Waals surface area (Å²) in [5.41, 5.74) is 8.33. The molecule has 2 aromatic rings. The molecular weight excluding hydrogens is 230 g/mol. The van der Waals surface area contributed by atoms with Crippen LogP contribution in [-0.4, -0.2) is 26.4 Å². The first kappa shape index (κ1) is 12.3. The summed E-state index contributed by atoms with van der Waals surface area (Å²) in [6.45, 7) is 6.49. The van der Waals surface area contributed by atoms with Crippen molar-refractivity contribution >= 4 is 5.69 Å². The van der Waals surface area contributed by atoms with Gasteiger partial charge in [-0.25, -0.2) is 9.67 Å². The number of ether oxygens (including phenoxy) is 1. The lowest BCUT2D eigenvalue weighted by Gasteiger charge is -2.10. The summed E-state index contributed by atoms with van der Waals surface area (Å²) in [7, 11) is 0. The maximum Gasteiger partial charge on any atom is 0.242 e. The first-order valence-corrected chi connectivity index (χ1v) is 5.90. The highest BCUT2D eigenvalue weighted by Crippen LogP contribution is 2.24. The molecule has 0 radical (unpaired) electrons. The third-order valence-electron chi connectivity index (χ3n) is 2.48. The van der Waals surface area contributed by atoms with Crippen LogP contribution < -0.4 is 10.5 Å². The van der Waals surface area contributed by atoms with E-state index in [2.05, 4.69) is 15.1 Å². The standard InChI is InChI=1S/C12H17N5O/c1-4-5-18-12-10(13)11(14-7-15-12)17-9(3)6-8(2)16-17/h6-7H,4-5,13H2,1-3H3. The van der Waals surface area contributed by atoms with Crippen molar-refractivity contribution in [3.8, 4) is 11.7 Å². The highest BCUT2D eigenvalue weighted by molar-refractivity contribution is 5.59.